The highest BCUT2D eigenvalue weighted by atomic mass is 16.5. The highest BCUT2D eigenvalue weighted by Gasteiger charge is 2.14. The van der Waals surface area contributed by atoms with Crippen molar-refractivity contribution >= 4 is 55.8 Å². The maximum absolute atomic E-state index is 9.74. The van der Waals surface area contributed by atoms with E-state index in [0.717, 1.165) is 24.2 Å². The number of ether oxygens (including phenoxy) is 1. The van der Waals surface area contributed by atoms with Crippen molar-refractivity contribution in [3.05, 3.63) is 143 Å². The molecule has 3 heterocycles. The second kappa shape index (κ2) is 16.5. The predicted octanol–water partition coefficient (Wildman–Crippen LogP) is 12.9. The molecule has 53 heavy (non-hydrogen) atoms. The highest BCUT2D eigenvalue weighted by Crippen LogP contribution is 2.33. The molecule has 1 aliphatic heterocycles. The maximum atomic E-state index is 9.74. The molecular weight excluding hydrogens is 649 g/mol. The maximum Gasteiger partial charge on any atom is 0.137 e. The van der Waals surface area contributed by atoms with Crippen LogP contribution in [-0.2, 0) is 17.8 Å². The third-order valence-corrected chi connectivity index (χ3v) is 10.3. The summed E-state index contributed by atoms with van der Waals surface area (Å²) in [6.07, 6.45) is 21.2. The average Bonchev–Trinajstić information content (AvgIpc) is 3.68. The van der Waals surface area contributed by atoms with E-state index in [0.29, 0.717) is 17.1 Å². The lowest BCUT2D eigenvalue weighted by Gasteiger charge is -2.14. The Kier molecular flexibility index (Phi) is 11.0. The Morgan fingerprint density at radius 2 is 1.00 bits per heavy atom. The van der Waals surface area contributed by atoms with Gasteiger partial charge in [-0.3, -0.25) is 0 Å². The first-order chi connectivity index (χ1) is 26.1. The summed E-state index contributed by atoms with van der Waals surface area (Å²) in [5.41, 5.74) is 7.70. The van der Waals surface area contributed by atoms with Crippen molar-refractivity contribution in [1.82, 2.24) is 9.13 Å². The molecule has 0 spiro atoms. The van der Waals surface area contributed by atoms with Gasteiger partial charge in [-0.2, -0.15) is 10.5 Å². The van der Waals surface area contributed by atoms with E-state index < -0.39 is 0 Å². The number of fused-ring (bicyclic) bond motifs is 6. The van der Waals surface area contributed by atoms with Crippen LogP contribution in [0, 0.1) is 22.7 Å². The smallest absolute Gasteiger partial charge is 0.137 e. The van der Waals surface area contributed by atoms with Crippen molar-refractivity contribution in [2.24, 2.45) is 0 Å². The number of aromatic nitrogens is 2. The van der Waals surface area contributed by atoms with E-state index in [1.165, 1.54) is 95.0 Å². The summed E-state index contributed by atoms with van der Waals surface area (Å²) in [7, 11) is 0. The van der Waals surface area contributed by atoms with Gasteiger partial charge in [-0.15, -0.1) is 0 Å². The van der Waals surface area contributed by atoms with Crippen LogP contribution in [0.2, 0.25) is 0 Å². The highest BCUT2D eigenvalue weighted by molar-refractivity contribution is 6.09. The molecule has 0 saturated heterocycles. The van der Waals surface area contributed by atoms with Gasteiger partial charge < -0.3 is 13.9 Å². The van der Waals surface area contributed by atoms with Gasteiger partial charge in [-0.1, -0.05) is 113 Å². The SMILES string of the molecule is CCCCCCn1c2ccccc2c2cc(C=CC3=CC(=C(C#N)C#N)C=C(C=Cc4ccc5c(c4)c4ccccc4n5CCCCCC)O3)ccc21. The molecule has 5 heteroatoms. The molecule has 2 aromatic heterocycles. The summed E-state index contributed by atoms with van der Waals surface area (Å²) in [6.45, 7) is 6.51. The number of rotatable bonds is 14. The van der Waals surface area contributed by atoms with Crippen molar-refractivity contribution in [3.63, 3.8) is 0 Å². The molecule has 7 rings (SSSR count). The van der Waals surface area contributed by atoms with Gasteiger partial charge in [0.05, 0.1) is 0 Å². The van der Waals surface area contributed by atoms with Crippen LogP contribution in [-0.4, -0.2) is 9.13 Å². The monoisotopic (exact) mass is 694 g/mol. The Bertz CT molecular complexity index is 2360. The zero-order valence-corrected chi connectivity index (χ0v) is 30.8. The molecule has 6 aromatic rings. The van der Waals surface area contributed by atoms with Crippen LogP contribution < -0.4 is 0 Å². The lowest BCUT2D eigenvalue weighted by atomic mass is 10.0. The molecule has 0 radical (unpaired) electrons. The standard InChI is InChI=1S/C48H46N4O/c1-3-5-7-13-27-51-45-17-11-9-15-41(45)43-29-35(21-25-47(43)51)19-23-39-31-37(38(33-49)34-50)32-40(53-39)24-20-36-22-26-48-44(30-36)42-16-10-12-18-46(42)52(48)28-14-8-6-4-2/h9-12,15-26,29-32H,3-8,13-14,27-28H2,1-2H3. The fraction of sp³-hybridized carbons (Fsp3) is 0.250. The summed E-state index contributed by atoms with van der Waals surface area (Å²) in [6, 6.07) is 34.6. The van der Waals surface area contributed by atoms with Gasteiger partial charge in [0.25, 0.3) is 0 Å². The minimum atomic E-state index is 0.0476. The number of aryl methyl sites for hydroxylation is 2. The van der Waals surface area contributed by atoms with E-state index in [4.69, 9.17) is 4.74 Å². The number of benzene rings is 4. The first-order valence-corrected chi connectivity index (χ1v) is 19.2. The molecule has 1 aliphatic rings. The number of nitriles is 2. The van der Waals surface area contributed by atoms with Crippen LogP contribution >= 0.6 is 0 Å². The van der Waals surface area contributed by atoms with Gasteiger partial charge in [0.15, 0.2) is 0 Å². The molecule has 0 saturated carbocycles. The summed E-state index contributed by atoms with van der Waals surface area (Å²) in [4.78, 5) is 0. The van der Waals surface area contributed by atoms with Gasteiger partial charge in [-0.25, -0.2) is 0 Å². The molecule has 0 amide bonds. The van der Waals surface area contributed by atoms with E-state index in [2.05, 4.69) is 120 Å². The Morgan fingerprint density at radius 3 is 1.45 bits per heavy atom. The average molecular weight is 695 g/mol. The van der Waals surface area contributed by atoms with Crippen LogP contribution in [0.1, 0.15) is 76.3 Å². The van der Waals surface area contributed by atoms with E-state index in [1.54, 1.807) is 12.2 Å². The van der Waals surface area contributed by atoms with Gasteiger partial charge in [0.1, 0.15) is 29.2 Å². The number of allylic oxidation sites excluding steroid dienone is 6. The fourth-order valence-corrected chi connectivity index (χ4v) is 7.59. The summed E-state index contributed by atoms with van der Waals surface area (Å²) in [5, 5.41) is 24.4. The van der Waals surface area contributed by atoms with Crippen molar-refractivity contribution in [3.8, 4) is 12.1 Å². The van der Waals surface area contributed by atoms with E-state index in [-0.39, 0.29) is 5.57 Å². The lowest BCUT2D eigenvalue weighted by Crippen LogP contribution is -1.98. The number of unbranched alkanes of at least 4 members (excludes halogenated alkanes) is 6. The lowest BCUT2D eigenvalue weighted by molar-refractivity contribution is 0.332. The van der Waals surface area contributed by atoms with Gasteiger partial charge in [-0.05, 0) is 84.7 Å². The third-order valence-electron chi connectivity index (χ3n) is 10.3. The topological polar surface area (TPSA) is 66.7 Å². The molecule has 0 unspecified atom stereocenters. The second-order valence-corrected chi connectivity index (χ2v) is 13.9. The minimum Gasteiger partial charge on any atom is -0.457 e. The molecule has 0 aliphatic carbocycles. The largest absolute Gasteiger partial charge is 0.457 e. The number of nitrogens with zero attached hydrogens (tertiary/aromatic N) is 4. The Balaban J connectivity index is 1.15. The molecular formula is C48H46N4O. The van der Waals surface area contributed by atoms with E-state index in [9.17, 15) is 10.5 Å². The van der Waals surface area contributed by atoms with E-state index in [1.807, 2.05) is 24.3 Å². The molecule has 264 valence electrons. The zero-order valence-electron chi connectivity index (χ0n) is 30.8. The predicted molar refractivity (Wildman–Crippen MR) is 221 cm³/mol. The number of para-hydroxylation sites is 2. The third kappa shape index (κ3) is 7.62. The summed E-state index contributed by atoms with van der Waals surface area (Å²) < 4.78 is 11.2. The molecule has 0 fully saturated rings. The van der Waals surface area contributed by atoms with Crippen LogP contribution in [0.15, 0.2) is 132 Å². The molecule has 0 atom stereocenters. The Hall–Kier alpha value is -6.04. The van der Waals surface area contributed by atoms with Crippen molar-refractivity contribution in [1.29, 1.82) is 10.5 Å². The van der Waals surface area contributed by atoms with Gasteiger partial charge in [0, 0.05) is 62.3 Å². The van der Waals surface area contributed by atoms with Gasteiger partial charge >= 0.3 is 0 Å². The fourth-order valence-electron chi connectivity index (χ4n) is 7.59. The van der Waals surface area contributed by atoms with Crippen LogP contribution in [0.5, 0.6) is 0 Å². The normalized spacial score (nSPS) is 13.2. The minimum absolute atomic E-state index is 0.0476. The first kappa shape index (κ1) is 35.4. The Labute approximate surface area is 312 Å². The molecule has 4 aromatic carbocycles. The number of hydrogen-bond acceptors (Lipinski definition) is 3. The van der Waals surface area contributed by atoms with E-state index >= 15 is 0 Å². The Morgan fingerprint density at radius 1 is 0.547 bits per heavy atom. The quantitative estimate of drug-likeness (QED) is 0.0842. The van der Waals surface area contributed by atoms with Crippen LogP contribution in [0.4, 0.5) is 0 Å². The van der Waals surface area contributed by atoms with Crippen LogP contribution in [0.3, 0.4) is 0 Å². The van der Waals surface area contributed by atoms with Crippen LogP contribution in [0.25, 0.3) is 55.8 Å². The van der Waals surface area contributed by atoms with Crippen molar-refractivity contribution < 1.29 is 4.74 Å². The molecule has 0 bridgehead atoms. The molecule has 5 nitrogen and oxygen atoms in total. The zero-order chi connectivity index (χ0) is 36.6. The van der Waals surface area contributed by atoms with Gasteiger partial charge in [0.2, 0.25) is 0 Å². The second-order valence-electron chi connectivity index (χ2n) is 13.9. The summed E-state index contributed by atoms with van der Waals surface area (Å²) >= 11 is 0. The molecule has 0 N–H and O–H groups in total. The van der Waals surface area contributed by atoms with Crippen molar-refractivity contribution in [2.75, 3.05) is 0 Å². The first-order valence-electron chi connectivity index (χ1n) is 19.2. The number of hydrogen-bond donors (Lipinski definition) is 0. The summed E-state index contributed by atoms with van der Waals surface area (Å²) in [5.74, 6) is 1.12. The van der Waals surface area contributed by atoms with Crippen molar-refractivity contribution in [2.45, 2.75) is 78.3 Å².